The Morgan fingerprint density at radius 2 is 1.44 bits per heavy atom. The van der Waals surface area contributed by atoms with Crippen LogP contribution in [0.3, 0.4) is 0 Å². The van der Waals surface area contributed by atoms with Gasteiger partial charge < -0.3 is 25.4 Å². The van der Waals surface area contributed by atoms with E-state index in [9.17, 15) is 14.4 Å². The second-order valence-corrected chi connectivity index (χ2v) is 9.72. The fourth-order valence-electron chi connectivity index (χ4n) is 3.73. The fraction of sp³-hybridized carbons (Fsp3) is 0.0938. The summed E-state index contributed by atoms with van der Waals surface area (Å²) in [5.74, 6) is 0.409. The summed E-state index contributed by atoms with van der Waals surface area (Å²) in [6.07, 6.45) is 1.60. The van der Waals surface area contributed by atoms with Gasteiger partial charge in [-0.25, -0.2) is 0 Å². The Hall–Kier alpha value is -5.02. The van der Waals surface area contributed by atoms with E-state index in [0.29, 0.717) is 34.0 Å². The molecule has 0 radical (unpaired) electrons. The Kier molecular flexibility index (Phi) is 10.2. The van der Waals surface area contributed by atoms with Gasteiger partial charge in [-0.15, -0.1) is 11.8 Å². The molecule has 0 unspecified atom stereocenters. The third-order valence-corrected chi connectivity index (χ3v) is 6.83. The lowest BCUT2D eigenvalue weighted by Crippen LogP contribution is -2.30. The summed E-state index contributed by atoms with van der Waals surface area (Å²) in [4.78, 5) is 39.4. The molecule has 3 N–H and O–H groups in total. The van der Waals surface area contributed by atoms with E-state index >= 15 is 0 Å². The normalized spacial score (nSPS) is 10.8. The van der Waals surface area contributed by atoms with Gasteiger partial charge in [0.1, 0.15) is 17.2 Å². The average molecular weight is 568 g/mol. The van der Waals surface area contributed by atoms with Crippen molar-refractivity contribution in [2.45, 2.75) is 4.90 Å². The monoisotopic (exact) mass is 567 g/mol. The van der Waals surface area contributed by atoms with Crippen molar-refractivity contribution in [3.63, 3.8) is 0 Å². The molecule has 208 valence electrons. The van der Waals surface area contributed by atoms with Gasteiger partial charge in [0.25, 0.3) is 11.8 Å². The third-order valence-electron chi connectivity index (χ3n) is 5.82. The number of carbonyl (C=O) groups excluding carboxylic acids is 3. The van der Waals surface area contributed by atoms with Crippen LogP contribution in [0.4, 0.5) is 11.4 Å². The molecule has 0 atom stereocenters. The molecule has 0 aliphatic heterocycles. The first-order chi connectivity index (χ1) is 19.9. The second-order valence-electron chi connectivity index (χ2n) is 8.67. The van der Waals surface area contributed by atoms with Crippen molar-refractivity contribution in [2.24, 2.45) is 0 Å². The maximum atomic E-state index is 13.2. The number of ether oxygens (including phenoxy) is 2. The number of hydrogen-bond acceptors (Lipinski definition) is 6. The zero-order valence-corrected chi connectivity index (χ0v) is 23.4. The minimum Gasteiger partial charge on any atom is -0.497 e. The molecule has 0 heterocycles. The minimum absolute atomic E-state index is 0.0792. The number of benzene rings is 4. The van der Waals surface area contributed by atoms with Crippen molar-refractivity contribution in [1.29, 1.82) is 0 Å². The van der Waals surface area contributed by atoms with Gasteiger partial charge in [-0.1, -0.05) is 42.5 Å². The smallest absolute Gasteiger partial charge is 0.272 e. The van der Waals surface area contributed by atoms with E-state index in [0.717, 1.165) is 4.90 Å². The van der Waals surface area contributed by atoms with Crippen LogP contribution in [0.1, 0.15) is 15.9 Å². The van der Waals surface area contributed by atoms with Crippen LogP contribution in [-0.4, -0.2) is 37.7 Å². The highest BCUT2D eigenvalue weighted by molar-refractivity contribution is 8.00. The molecule has 4 rings (SSSR count). The fourth-order valence-corrected chi connectivity index (χ4v) is 4.42. The van der Waals surface area contributed by atoms with Crippen LogP contribution < -0.4 is 25.4 Å². The van der Waals surface area contributed by atoms with Crippen molar-refractivity contribution < 1.29 is 23.9 Å². The molecule has 0 aliphatic rings. The molecule has 0 spiro atoms. The van der Waals surface area contributed by atoms with Crippen LogP contribution in [0.25, 0.3) is 6.08 Å². The highest BCUT2D eigenvalue weighted by Crippen LogP contribution is 2.25. The summed E-state index contributed by atoms with van der Waals surface area (Å²) in [6.45, 7) is 0. The Balaban J connectivity index is 1.41. The average Bonchev–Trinajstić information content (AvgIpc) is 3.01. The lowest BCUT2D eigenvalue weighted by Gasteiger charge is -2.12. The van der Waals surface area contributed by atoms with E-state index in [1.54, 1.807) is 93.1 Å². The van der Waals surface area contributed by atoms with Crippen LogP contribution in [0, 0.1) is 0 Å². The van der Waals surface area contributed by atoms with Crippen LogP contribution in [0.2, 0.25) is 0 Å². The summed E-state index contributed by atoms with van der Waals surface area (Å²) < 4.78 is 10.5. The van der Waals surface area contributed by atoms with E-state index in [-0.39, 0.29) is 17.4 Å². The van der Waals surface area contributed by atoms with Crippen LogP contribution in [-0.2, 0) is 9.59 Å². The molecule has 8 nitrogen and oxygen atoms in total. The van der Waals surface area contributed by atoms with Crippen molar-refractivity contribution in [2.75, 3.05) is 30.6 Å². The summed E-state index contributed by atoms with van der Waals surface area (Å²) in [6, 6.07) is 30.1. The van der Waals surface area contributed by atoms with E-state index in [4.69, 9.17) is 9.47 Å². The predicted molar refractivity (Wildman–Crippen MR) is 162 cm³/mol. The van der Waals surface area contributed by atoms with Gasteiger partial charge in [0, 0.05) is 16.1 Å². The van der Waals surface area contributed by atoms with Gasteiger partial charge in [0.05, 0.1) is 25.7 Å². The number of methoxy groups -OCH3 is 2. The summed E-state index contributed by atoms with van der Waals surface area (Å²) in [7, 11) is 3.12. The number of nitrogens with one attached hydrogen (secondary N) is 3. The lowest BCUT2D eigenvalue weighted by atomic mass is 10.1. The number of rotatable bonds is 11. The van der Waals surface area contributed by atoms with Crippen molar-refractivity contribution in [3.8, 4) is 11.5 Å². The molecule has 0 bridgehead atoms. The molecule has 3 amide bonds. The van der Waals surface area contributed by atoms with E-state index < -0.39 is 11.8 Å². The molecule has 9 heteroatoms. The molecule has 0 fully saturated rings. The lowest BCUT2D eigenvalue weighted by molar-refractivity contribution is -0.114. The Bertz CT molecular complexity index is 1520. The van der Waals surface area contributed by atoms with Crippen molar-refractivity contribution in [3.05, 3.63) is 120 Å². The van der Waals surface area contributed by atoms with Crippen LogP contribution >= 0.6 is 11.8 Å². The zero-order chi connectivity index (χ0) is 29.0. The minimum atomic E-state index is -0.485. The van der Waals surface area contributed by atoms with E-state index in [1.807, 2.05) is 30.3 Å². The second kappa shape index (κ2) is 14.4. The zero-order valence-electron chi connectivity index (χ0n) is 22.5. The van der Waals surface area contributed by atoms with Crippen molar-refractivity contribution in [1.82, 2.24) is 5.32 Å². The molecule has 0 saturated heterocycles. The van der Waals surface area contributed by atoms with Gasteiger partial charge in [0.2, 0.25) is 5.91 Å². The molecule has 41 heavy (non-hydrogen) atoms. The Morgan fingerprint density at radius 1 is 0.756 bits per heavy atom. The Morgan fingerprint density at radius 3 is 2.12 bits per heavy atom. The number of para-hydroxylation sites is 2. The standard InChI is InChI=1S/C32H29N3O5S/c1-39-25-16-12-22(13-17-25)20-28(35-31(37)23-8-4-3-5-9-23)32(38)33-24-14-18-26(19-15-24)41-21-30(36)34-27-10-6-7-11-29(27)40-2/h3-20H,21H2,1-2H3,(H,33,38)(H,34,36)(H,35,37)/b28-20-. The van der Waals surface area contributed by atoms with Crippen LogP contribution in [0.15, 0.2) is 114 Å². The van der Waals surface area contributed by atoms with Crippen molar-refractivity contribution >= 4 is 46.9 Å². The number of thioether (sulfide) groups is 1. The SMILES string of the molecule is COc1ccc(/C=C(\NC(=O)c2ccccc2)C(=O)Nc2ccc(SCC(=O)Nc3ccccc3OC)cc2)cc1. The van der Waals surface area contributed by atoms with Crippen LogP contribution in [0.5, 0.6) is 11.5 Å². The molecule has 0 aliphatic carbocycles. The first-order valence-corrected chi connectivity index (χ1v) is 13.6. The predicted octanol–water partition coefficient (Wildman–Crippen LogP) is 5.84. The molecular weight excluding hydrogens is 538 g/mol. The van der Waals surface area contributed by atoms with E-state index in [2.05, 4.69) is 16.0 Å². The molecule has 4 aromatic rings. The molecular formula is C32H29N3O5S. The highest BCUT2D eigenvalue weighted by atomic mass is 32.2. The summed E-state index contributed by atoms with van der Waals surface area (Å²) >= 11 is 1.36. The number of carbonyl (C=O) groups is 3. The van der Waals surface area contributed by atoms with Gasteiger partial charge in [-0.3, -0.25) is 14.4 Å². The highest BCUT2D eigenvalue weighted by Gasteiger charge is 2.15. The summed E-state index contributed by atoms with van der Waals surface area (Å²) in [5, 5.41) is 8.40. The Labute approximate surface area is 242 Å². The summed E-state index contributed by atoms with van der Waals surface area (Å²) in [5.41, 5.74) is 2.36. The first kappa shape index (κ1) is 29.0. The van der Waals surface area contributed by atoms with Gasteiger partial charge >= 0.3 is 0 Å². The first-order valence-electron chi connectivity index (χ1n) is 12.6. The molecule has 0 aromatic heterocycles. The number of anilines is 2. The number of hydrogen-bond donors (Lipinski definition) is 3. The maximum Gasteiger partial charge on any atom is 0.272 e. The van der Waals surface area contributed by atoms with Gasteiger partial charge in [-0.05, 0) is 72.3 Å². The topological polar surface area (TPSA) is 106 Å². The van der Waals surface area contributed by atoms with Gasteiger partial charge in [0.15, 0.2) is 0 Å². The van der Waals surface area contributed by atoms with E-state index in [1.165, 1.54) is 11.8 Å². The molecule has 4 aromatic carbocycles. The largest absolute Gasteiger partial charge is 0.497 e. The third kappa shape index (κ3) is 8.48. The molecule has 0 saturated carbocycles. The quantitative estimate of drug-likeness (QED) is 0.155. The van der Waals surface area contributed by atoms with Gasteiger partial charge in [-0.2, -0.15) is 0 Å². The maximum absolute atomic E-state index is 13.2. The number of amides is 3.